The van der Waals surface area contributed by atoms with Crippen molar-refractivity contribution in [1.29, 1.82) is 0 Å². The Balaban J connectivity index is 1.19. The van der Waals surface area contributed by atoms with E-state index in [1.807, 2.05) is 12.1 Å². The summed E-state index contributed by atoms with van der Waals surface area (Å²) in [6.07, 6.45) is 8.47. The summed E-state index contributed by atoms with van der Waals surface area (Å²) in [7, 11) is 0. The monoisotopic (exact) mass is 575 g/mol. The van der Waals surface area contributed by atoms with Gasteiger partial charge < -0.3 is 4.74 Å². The van der Waals surface area contributed by atoms with Gasteiger partial charge in [0.25, 0.3) is 0 Å². The summed E-state index contributed by atoms with van der Waals surface area (Å²) < 4.78 is 6.35. The zero-order valence-corrected chi connectivity index (χ0v) is 24.2. The first-order valence-corrected chi connectivity index (χ1v) is 15.4. The number of nitrogens with zero attached hydrogens (tertiary/aromatic N) is 3. The quantitative estimate of drug-likeness (QED) is 0.210. The number of rotatable bonds is 3. The van der Waals surface area contributed by atoms with E-state index in [2.05, 4.69) is 127 Å². The Bertz CT molecular complexity index is 2430. The molecular formula is C41H25N3O. The van der Waals surface area contributed by atoms with Crippen molar-refractivity contribution in [2.75, 3.05) is 0 Å². The number of allylic oxidation sites excluding steroid dienone is 2. The Morgan fingerprint density at radius 1 is 0.467 bits per heavy atom. The van der Waals surface area contributed by atoms with Crippen LogP contribution in [0.1, 0.15) is 11.5 Å². The van der Waals surface area contributed by atoms with E-state index in [9.17, 15) is 0 Å². The van der Waals surface area contributed by atoms with Crippen LogP contribution >= 0.6 is 0 Å². The van der Waals surface area contributed by atoms with Gasteiger partial charge in [-0.25, -0.2) is 15.0 Å². The van der Waals surface area contributed by atoms with Gasteiger partial charge >= 0.3 is 0 Å². The molecule has 1 aromatic heterocycles. The van der Waals surface area contributed by atoms with Crippen molar-refractivity contribution in [3.63, 3.8) is 0 Å². The van der Waals surface area contributed by atoms with E-state index in [0.29, 0.717) is 17.5 Å². The molecule has 3 aliphatic rings. The number of fused-ring (bicyclic) bond motifs is 7. The van der Waals surface area contributed by atoms with Crippen LogP contribution in [0.2, 0.25) is 0 Å². The molecule has 2 atom stereocenters. The van der Waals surface area contributed by atoms with E-state index in [1.54, 1.807) is 0 Å². The summed E-state index contributed by atoms with van der Waals surface area (Å²) in [6.45, 7) is 0. The standard InChI is InChI=1S/C41H25N3O/c1-2-9-26-22-27(19-18-24(26)8-1)39-42-40(28-20-21-29-30-13-5-10-25-11-6-14-31(37(25)30)34(29)23-28)44-41(43-39)33-15-7-17-36-38(33)32-12-3-4-16-35(32)45-36/h1-23,32,35H. The lowest BCUT2D eigenvalue weighted by molar-refractivity contribution is 0.269. The lowest BCUT2D eigenvalue weighted by atomic mass is 9.88. The van der Waals surface area contributed by atoms with Crippen LogP contribution in [0.5, 0.6) is 5.75 Å². The van der Waals surface area contributed by atoms with E-state index in [0.717, 1.165) is 33.4 Å². The third kappa shape index (κ3) is 3.69. The van der Waals surface area contributed by atoms with Crippen molar-refractivity contribution < 1.29 is 4.74 Å². The summed E-state index contributed by atoms with van der Waals surface area (Å²) in [5, 5.41) is 4.90. The highest BCUT2D eigenvalue weighted by atomic mass is 16.5. The first kappa shape index (κ1) is 24.6. The molecule has 45 heavy (non-hydrogen) atoms. The van der Waals surface area contributed by atoms with Crippen molar-refractivity contribution in [3.05, 3.63) is 145 Å². The Labute approximate surface area is 260 Å². The maximum Gasteiger partial charge on any atom is 0.164 e. The van der Waals surface area contributed by atoms with Gasteiger partial charge in [-0.15, -0.1) is 0 Å². The van der Waals surface area contributed by atoms with Crippen LogP contribution in [0, 0.1) is 0 Å². The molecule has 4 heteroatoms. The molecule has 1 aliphatic heterocycles. The predicted octanol–water partition coefficient (Wildman–Crippen LogP) is 9.80. The van der Waals surface area contributed by atoms with Gasteiger partial charge in [0, 0.05) is 28.2 Å². The van der Waals surface area contributed by atoms with Crippen LogP contribution < -0.4 is 4.74 Å². The molecule has 2 aliphatic carbocycles. The molecule has 0 saturated carbocycles. The van der Waals surface area contributed by atoms with E-state index in [4.69, 9.17) is 19.7 Å². The van der Waals surface area contributed by atoms with E-state index >= 15 is 0 Å². The number of hydrogen-bond acceptors (Lipinski definition) is 4. The van der Waals surface area contributed by atoms with Gasteiger partial charge in [0.15, 0.2) is 17.5 Å². The minimum atomic E-state index is -0.0199. The van der Waals surface area contributed by atoms with Crippen molar-refractivity contribution in [1.82, 2.24) is 15.0 Å². The Hall–Kier alpha value is -5.87. The van der Waals surface area contributed by atoms with E-state index in [1.165, 1.54) is 38.4 Å². The lowest BCUT2D eigenvalue weighted by Crippen LogP contribution is -2.16. The maximum absolute atomic E-state index is 6.35. The van der Waals surface area contributed by atoms with Crippen LogP contribution in [0.25, 0.3) is 78.0 Å². The van der Waals surface area contributed by atoms with Gasteiger partial charge in [-0.3, -0.25) is 0 Å². The molecule has 210 valence electrons. The van der Waals surface area contributed by atoms with Crippen molar-refractivity contribution in [3.8, 4) is 62.2 Å². The number of hydrogen-bond donors (Lipinski definition) is 0. The highest BCUT2D eigenvalue weighted by molar-refractivity contribution is 6.15. The molecule has 0 amide bonds. The Morgan fingerprint density at radius 3 is 2.00 bits per heavy atom. The van der Waals surface area contributed by atoms with E-state index in [-0.39, 0.29) is 12.0 Å². The van der Waals surface area contributed by atoms with E-state index < -0.39 is 0 Å². The smallest absolute Gasteiger partial charge is 0.164 e. The third-order valence-corrected chi connectivity index (χ3v) is 9.39. The molecule has 7 aromatic rings. The molecule has 2 unspecified atom stereocenters. The SMILES string of the molecule is C1=CC2Oc3cccc(-c4nc(-c5ccc6c(c5)-c5cccc7cccc-6c57)nc(-c5ccc6ccccc6c5)n4)c3C2C=C1. The second-order valence-corrected chi connectivity index (χ2v) is 11.9. The summed E-state index contributed by atoms with van der Waals surface area (Å²) in [5.74, 6) is 2.96. The van der Waals surface area contributed by atoms with Crippen LogP contribution in [0.4, 0.5) is 0 Å². The fraction of sp³-hybridized carbons (Fsp3) is 0.0488. The van der Waals surface area contributed by atoms with Crippen molar-refractivity contribution >= 4 is 21.5 Å². The molecule has 0 saturated heterocycles. The molecule has 0 N–H and O–H groups in total. The first-order chi connectivity index (χ1) is 22.3. The van der Waals surface area contributed by atoms with Crippen molar-refractivity contribution in [2.24, 2.45) is 0 Å². The normalized spacial score (nSPS) is 16.9. The number of ether oxygens (including phenoxy) is 1. The molecule has 2 heterocycles. The van der Waals surface area contributed by atoms with Crippen LogP contribution in [0.3, 0.4) is 0 Å². The second-order valence-electron chi connectivity index (χ2n) is 11.9. The average Bonchev–Trinajstić information content (AvgIpc) is 3.65. The predicted molar refractivity (Wildman–Crippen MR) is 181 cm³/mol. The summed E-state index contributed by atoms with van der Waals surface area (Å²) >= 11 is 0. The zero-order chi connectivity index (χ0) is 29.5. The maximum atomic E-state index is 6.35. The Kier molecular flexibility index (Phi) is 5.08. The highest BCUT2D eigenvalue weighted by Crippen LogP contribution is 2.49. The van der Waals surface area contributed by atoms with Crippen molar-refractivity contribution in [2.45, 2.75) is 12.0 Å². The van der Waals surface area contributed by atoms with Crippen LogP contribution in [0.15, 0.2) is 140 Å². The fourth-order valence-corrected chi connectivity index (χ4v) is 7.31. The molecular weight excluding hydrogens is 550 g/mol. The summed E-state index contributed by atoms with van der Waals surface area (Å²) in [5.41, 5.74) is 9.02. The molecule has 0 fully saturated rings. The average molecular weight is 576 g/mol. The largest absolute Gasteiger partial charge is 0.485 e. The van der Waals surface area contributed by atoms with Gasteiger partial charge in [0.05, 0.1) is 0 Å². The van der Waals surface area contributed by atoms with Gasteiger partial charge in [-0.2, -0.15) is 0 Å². The molecule has 4 nitrogen and oxygen atoms in total. The fourth-order valence-electron chi connectivity index (χ4n) is 7.31. The second kappa shape index (κ2) is 9.31. The van der Waals surface area contributed by atoms with Gasteiger partial charge in [-0.05, 0) is 68.1 Å². The summed E-state index contributed by atoms with van der Waals surface area (Å²) in [6, 6.07) is 40.7. The van der Waals surface area contributed by atoms with Crippen LogP contribution in [-0.2, 0) is 0 Å². The first-order valence-electron chi connectivity index (χ1n) is 15.4. The minimum absolute atomic E-state index is 0.0199. The number of aromatic nitrogens is 3. The Morgan fingerprint density at radius 2 is 1.13 bits per heavy atom. The summed E-state index contributed by atoms with van der Waals surface area (Å²) in [4.78, 5) is 15.4. The number of benzene rings is 6. The lowest BCUT2D eigenvalue weighted by Gasteiger charge is -2.16. The molecule has 6 aromatic carbocycles. The minimum Gasteiger partial charge on any atom is -0.485 e. The van der Waals surface area contributed by atoms with Crippen LogP contribution in [-0.4, -0.2) is 21.1 Å². The zero-order valence-electron chi connectivity index (χ0n) is 24.2. The van der Waals surface area contributed by atoms with Gasteiger partial charge in [0.2, 0.25) is 0 Å². The molecule has 10 rings (SSSR count). The highest BCUT2D eigenvalue weighted by Gasteiger charge is 2.35. The topological polar surface area (TPSA) is 47.9 Å². The van der Waals surface area contributed by atoms with Gasteiger partial charge in [0.1, 0.15) is 11.9 Å². The molecule has 0 spiro atoms. The van der Waals surface area contributed by atoms with Gasteiger partial charge in [-0.1, -0.05) is 115 Å². The molecule has 0 radical (unpaired) electrons. The third-order valence-electron chi connectivity index (χ3n) is 9.39. The molecule has 0 bridgehead atoms.